The molecule has 10 heteroatoms. The second kappa shape index (κ2) is 13.8. The second-order valence-corrected chi connectivity index (χ2v) is 4.35. The Morgan fingerprint density at radius 1 is 0.889 bits per heavy atom. The largest absolute Gasteiger partial charge is 0.319 e. The summed E-state index contributed by atoms with van der Waals surface area (Å²) < 4.78 is 21.1. The Hall–Kier alpha value is -1.23. The first-order valence-corrected chi connectivity index (χ1v) is 6.85. The maximum absolute atomic E-state index is 11.2. The van der Waals surface area contributed by atoms with Crippen molar-refractivity contribution >= 4 is 8.25 Å². The van der Waals surface area contributed by atoms with Gasteiger partial charge in [0.2, 0.25) is 0 Å². The van der Waals surface area contributed by atoms with Gasteiger partial charge in [0, 0.05) is 22.9 Å². The van der Waals surface area contributed by atoms with Crippen LogP contribution in [0.5, 0.6) is 0 Å². The van der Waals surface area contributed by atoms with Gasteiger partial charge in [0.25, 0.3) is 0 Å². The van der Waals surface area contributed by atoms with Gasteiger partial charge in [-0.3, -0.25) is 4.57 Å². The van der Waals surface area contributed by atoms with Crippen molar-refractivity contribution in [1.29, 1.82) is 0 Å². The van der Waals surface area contributed by atoms with Crippen LogP contribution in [0.15, 0.2) is 10.2 Å². The Kier molecular flexibility index (Phi) is 12.9. The van der Waals surface area contributed by atoms with Gasteiger partial charge in [0.1, 0.15) is 0 Å². The summed E-state index contributed by atoms with van der Waals surface area (Å²) in [6, 6.07) is 0. The molecule has 0 radical (unpaired) electrons. The fourth-order valence-corrected chi connectivity index (χ4v) is 1.72. The van der Waals surface area contributed by atoms with Gasteiger partial charge in [-0.2, -0.15) is 0 Å². The second-order valence-electron chi connectivity index (χ2n) is 3.27. The van der Waals surface area contributed by atoms with Gasteiger partial charge in [0.05, 0.1) is 13.2 Å². The fourth-order valence-electron chi connectivity index (χ4n) is 1.01. The van der Waals surface area contributed by atoms with Gasteiger partial charge in [0.15, 0.2) is 0 Å². The molecular formula is C8H17N6O3P. The lowest BCUT2D eigenvalue weighted by atomic mass is 10.3. The maximum Gasteiger partial charge on any atom is 0.319 e. The van der Waals surface area contributed by atoms with Crippen LogP contribution >= 0.6 is 8.25 Å². The van der Waals surface area contributed by atoms with E-state index >= 15 is 0 Å². The van der Waals surface area contributed by atoms with E-state index < -0.39 is 8.25 Å². The van der Waals surface area contributed by atoms with Crippen LogP contribution in [-0.2, 0) is 13.6 Å². The highest BCUT2D eigenvalue weighted by Gasteiger charge is 1.99. The van der Waals surface area contributed by atoms with E-state index in [9.17, 15) is 4.57 Å². The first-order valence-electron chi connectivity index (χ1n) is 5.62. The van der Waals surface area contributed by atoms with Crippen LogP contribution in [0.2, 0.25) is 0 Å². The molecule has 0 aliphatic rings. The van der Waals surface area contributed by atoms with Crippen LogP contribution < -0.4 is 0 Å². The molecule has 102 valence electrons. The molecule has 0 aliphatic heterocycles. The van der Waals surface area contributed by atoms with Crippen molar-refractivity contribution in [2.24, 2.45) is 10.2 Å². The molecule has 0 unspecified atom stereocenters. The highest BCUT2D eigenvalue weighted by molar-refractivity contribution is 7.33. The number of unbranched alkanes of at least 4 members (excludes halogenated alkanes) is 2. The highest BCUT2D eigenvalue weighted by atomic mass is 31.1. The van der Waals surface area contributed by atoms with Gasteiger partial charge in [-0.05, 0) is 36.7 Å². The van der Waals surface area contributed by atoms with Crippen LogP contribution in [0.25, 0.3) is 20.9 Å². The van der Waals surface area contributed by atoms with E-state index in [1.54, 1.807) is 0 Å². The van der Waals surface area contributed by atoms with E-state index in [-0.39, 0.29) is 0 Å². The standard InChI is InChI=1S/C8H17N6O3P/c9-13-11-5-1-3-7-16-18(15)17-8-4-2-6-12-14-10/h18H,1-8H2. The Balaban J connectivity index is 3.26. The van der Waals surface area contributed by atoms with Crippen molar-refractivity contribution in [2.45, 2.75) is 25.7 Å². The Bertz CT molecular complexity index is 297. The maximum atomic E-state index is 11.2. The number of hydrogen-bond donors (Lipinski definition) is 0. The quantitative estimate of drug-likeness (QED) is 0.177. The van der Waals surface area contributed by atoms with Gasteiger partial charge < -0.3 is 9.05 Å². The van der Waals surface area contributed by atoms with E-state index in [0.717, 1.165) is 0 Å². The zero-order valence-electron chi connectivity index (χ0n) is 10.1. The normalized spacial score (nSPS) is 11.3. The van der Waals surface area contributed by atoms with E-state index in [4.69, 9.17) is 20.1 Å². The zero-order chi connectivity index (χ0) is 13.5. The molecule has 0 amide bonds. The van der Waals surface area contributed by atoms with E-state index in [1.165, 1.54) is 0 Å². The third-order valence-corrected chi connectivity index (χ3v) is 2.75. The summed E-state index contributed by atoms with van der Waals surface area (Å²) in [6.07, 6.45) is 2.75. The number of nitrogens with zero attached hydrogens (tertiary/aromatic N) is 6. The summed E-state index contributed by atoms with van der Waals surface area (Å²) in [5.74, 6) is 0. The highest BCUT2D eigenvalue weighted by Crippen LogP contribution is 2.24. The molecule has 0 heterocycles. The molecule has 0 aliphatic carbocycles. The van der Waals surface area contributed by atoms with Crippen molar-refractivity contribution in [3.05, 3.63) is 20.9 Å². The van der Waals surface area contributed by atoms with Crippen molar-refractivity contribution < 1.29 is 13.6 Å². The van der Waals surface area contributed by atoms with Gasteiger partial charge >= 0.3 is 8.25 Å². The molecule has 0 saturated carbocycles. The molecule has 0 bridgehead atoms. The number of azide groups is 2. The smallest absolute Gasteiger partial charge is 0.311 e. The van der Waals surface area contributed by atoms with Crippen LogP contribution in [0.3, 0.4) is 0 Å². The van der Waals surface area contributed by atoms with Crippen LogP contribution in [0.1, 0.15) is 25.7 Å². The van der Waals surface area contributed by atoms with Crippen molar-refractivity contribution in [2.75, 3.05) is 26.3 Å². The average molecular weight is 276 g/mol. The molecule has 0 saturated heterocycles. The molecule has 0 N–H and O–H groups in total. The molecule has 0 aromatic rings. The van der Waals surface area contributed by atoms with Crippen molar-refractivity contribution in [3.63, 3.8) is 0 Å². The van der Waals surface area contributed by atoms with E-state index in [1.807, 2.05) is 0 Å². The zero-order valence-corrected chi connectivity index (χ0v) is 11.1. The third kappa shape index (κ3) is 12.8. The lowest BCUT2D eigenvalue weighted by Gasteiger charge is -2.04. The molecular weight excluding hydrogens is 259 g/mol. The van der Waals surface area contributed by atoms with Crippen molar-refractivity contribution in [3.8, 4) is 0 Å². The van der Waals surface area contributed by atoms with E-state index in [0.29, 0.717) is 52.0 Å². The summed E-state index contributed by atoms with van der Waals surface area (Å²) in [4.78, 5) is 5.23. The minimum atomic E-state index is -2.43. The van der Waals surface area contributed by atoms with Crippen LogP contribution in [-0.4, -0.2) is 26.3 Å². The molecule has 0 rings (SSSR count). The summed E-state index contributed by atoms with van der Waals surface area (Å²) >= 11 is 0. The SMILES string of the molecule is [N-]=[N+]=NCCCCO[PH](=O)OCCCCN=[N+]=[N-]. The Labute approximate surface area is 106 Å². The predicted octanol–water partition coefficient (Wildman–Crippen LogP) is 3.59. The third-order valence-electron chi connectivity index (χ3n) is 1.87. The fraction of sp³-hybridized carbons (Fsp3) is 1.00. The molecule has 0 atom stereocenters. The predicted molar refractivity (Wildman–Crippen MR) is 67.4 cm³/mol. The lowest BCUT2D eigenvalue weighted by molar-refractivity contribution is 0.220. The van der Waals surface area contributed by atoms with Crippen LogP contribution in [0, 0.1) is 0 Å². The van der Waals surface area contributed by atoms with Gasteiger partial charge in [-0.15, -0.1) is 0 Å². The molecule has 0 fully saturated rings. The molecule has 0 aromatic carbocycles. The minimum Gasteiger partial charge on any atom is -0.311 e. The monoisotopic (exact) mass is 276 g/mol. The molecule has 0 aromatic heterocycles. The van der Waals surface area contributed by atoms with Crippen LogP contribution in [0.4, 0.5) is 0 Å². The molecule has 9 nitrogen and oxygen atoms in total. The first kappa shape index (κ1) is 16.8. The minimum absolute atomic E-state index is 0.331. The summed E-state index contributed by atoms with van der Waals surface area (Å²) in [6.45, 7) is 1.50. The van der Waals surface area contributed by atoms with E-state index in [2.05, 4.69) is 20.1 Å². The first-order chi connectivity index (χ1) is 8.81. The number of rotatable bonds is 12. The topological polar surface area (TPSA) is 133 Å². The summed E-state index contributed by atoms with van der Waals surface area (Å²) in [5, 5.41) is 6.73. The summed E-state index contributed by atoms with van der Waals surface area (Å²) in [5.41, 5.74) is 16.0. The van der Waals surface area contributed by atoms with Crippen molar-refractivity contribution in [1.82, 2.24) is 0 Å². The lowest BCUT2D eigenvalue weighted by Crippen LogP contribution is -1.93. The number of hydrogen-bond acceptors (Lipinski definition) is 5. The molecule has 0 spiro atoms. The average Bonchev–Trinajstić information content (AvgIpc) is 2.38. The summed E-state index contributed by atoms with van der Waals surface area (Å²) in [7, 11) is -2.43. The Morgan fingerprint density at radius 3 is 1.72 bits per heavy atom. The van der Waals surface area contributed by atoms with Gasteiger partial charge in [-0.25, -0.2) is 0 Å². The Morgan fingerprint density at radius 2 is 1.33 bits per heavy atom. The van der Waals surface area contributed by atoms with Gasteiger partial charge in [-0.1, -0.05) is 10.2 Å². The molecule has 18 heavy (non-hydrogen) atoms.